The molecule has 0 spiro atoms. The maximum atomic E-state index is 13.7. The quantitative estimate of drug-likeness (QED) is 0.893. The van der Waals surface area contributed by atoms with E-state index in [1.54, 1.807) is 18.2 Å². The number of ether oxygens (including phenoxy) is 1. The van der Waals surface area contributed by atoms with Crippen molar-refractivity contribution in [2.24, 2.45) is 5.41 Å². The van der Waals surface area contributed by atoms with Crippen LogP contribution in [-0.2, 0) is 9.84 Å². The SMILES string of the molecule is CC(C)(C)C(COc1ccccc1F)NC1CCCS(=O)(=O)C1. The second kappa shape index (κ2) is 7.18. The van der Waals surface area contributed by atoms with Crippen molar-refractivity contribution in [2.45, 2.75) is 45.7 Å². The zero-order chi connectivity index (χ0) is 17.1. The van der Waals surface area contributed by atoms with Crippen LogP contribution in [0.25, 0.3) is 0 Å². The van der Waals surface area contributed by atoms with Crippen LogP contribution in [0.15, 0.2) is 24.3 Å². The number of nitrogens with one attached hydrogen (secondary N) is 1. The lowest BCUT2D eigenvalue weighted by Gasteiger charge is -2.36. The molecule has 0 aromatic heterocycles. The standard InChI is InChI=1S/C17H26FNO3S/c1-17(2,3)16(11-22-15-9-5-4-8-14(15)18)19-13-7-6-10-23(20,21)12-13/h4-5,8-9,13,16,19H,6-7,10-12H2,1-3H3. The molecular formula is C17H26FNO3S. The first-order valence-corrected chi connectivity index (χ1v) is 9.83. The molecule has 0 amide bonds. The van der Waals surface area contributed by atoms with Gasteiger partial charge in [0, 0.05) is 12.1 Å². The van der Waals surface area contributed by atoms with E-state index in [0.29, 0.717) is 13.0 Å². The lowest BCUT2D eigenvalue weighted by molar-refractivity contribution is 0.158. The Bertz CT molecular complexity index is 625. The van der Waals surface area contributed by atoms with Crippen molar-refractivity contribution in [1.29, 1.82) is 0 Å². The molecule has 1 aliphatic heterocycles. The number of para-hydroxylation sites is 1. The van der Waals surface area contributed by atoms with Crippen molar-refractivity contribution in [3.05, 3.63) is 30.1 Å². The molecule has 0 aliphatic carbocycles. The van der Waals surface area contributed by atoms with Gasteiger partial charge in [-0.15, -0.1) is 0 Å². The molecular weight excluding hydrogens is 317 g/mol. The summed E-state index contributed by atoms with van der Waals surface area (Å²) in [4.78, 5) is 0. The molecule has 1 heterocycles. The Hall–Kier alpha value is -1.14. The van der Waals surface area contributed by atoms with Crippen LogP contribution in [-0.4, -0.2) is 38.6 Å². The maximum Gasteiger partial charge on any atom is 0.165 e. The van der Waals surface area contributed by atoms with Gasteiger partial charge in [0.25, 0.3) is 0 Å². The Kier molecular flexibility index (Phi) is 5.68. The average Bonchev–Trinajstić information content (AvgIpc) is 2.42. The highest BCUT2D eigenvalue weighted by molar-refractivity contribution is 7.91. The molecule has 0 bridgehead atoms. The second-order valence-electron chi connectivity index (χ2n) is 7.28. The van der Waals surface area contributed by atoms with Gasteiger partial charge in [-0.25, -0.2) is 12.8 Å². The van der Waals surface area contributed by atoms with E-state index in [0.717, 1.165) is 6.42 Å². The monoisotopic (exact) mass is 343 g/mol. The first-order chi connectivity index (χ1) is 10.7. The molecule has 1 N–H and O–H groups in total. The summed E-state index contributed by atoms with van der Waals surface area (Å²) in [5, 5.41) is 3.41. The van der Waals surface area contributed by atoms with Crippen LogP contribution in [0, 0.1) is 11.2 Å². The van der Waals surface area contributed by atoms with Crippen LogP contribution in [0.2, 0.25) is 0 Å². The van der Waals surface area contributed by atoms with Gasteiger partial charge in [0.1, 0.15) is 6.61 Å². The van der Waals surface area contributed by atoms with Crippen LogP contribution < -0.4 is 10.1 Å². The first-order valence-electron chi connectivity index (χ1n) is 8.01. The smallest absolute Gasteiger partial charge is 0.165 e. The Labute approximate surface area is 138 Å². The second-order valence-corrected chi connectivity index (χ2v) is 9.51. The molecule has 1 fully saturated rings. The van der Waals surface area contributed by atoms with Gasteiger partial charge in [0.15, 0.2) is 21.4 Å². The number of hydrogen-bond donors (Lipinski definition) is 1. The molecule has 0 radical (unpaired) electrons. The Balaban J connectivity index is 2.02. The van der Waals surface area contributed by atoms with Gasteiger partial charge in [-0.2, -0.15) is 0 Å². The fourth-order valence-corrected chi connectivity index (χ4v) is 4.37. The predicted octanol–water partition coefficient (Wildman–Crippen LogP) is 2.79. The van der Waals surface area contributed by atoms with E-state index < -0.39 is 9.84 Å². The Morgan fingerprint density at radius 2 is 2.04 bits per heavy atom. The molecule has 1 aliphatic rings. The maximum absolute atomic E-state index is 13.7. The summed E-state index contributed by atoms with van der Waals surface area (Å²) in [6.45, 7) is 6.48. The number of halogens is 1. The molecule has 4 nitrogen and oxygen atoms in total. The molecule has 2 rings (SSSR count). The van der Waals surface area contributed by atoms with Crippen molar-refractivity contribution in [3.63, 3.8) is 0 Å². The number of rotatable bonds is 5. The zero-order valence-corrected chi connectivity index (χ0v) is 14.8. The zero-order valence-electron chi connectivity index (χ0n) is 14.0. The largest absolute Gasteiger partial charge is 0.489 e. The lowest BCUT2D eigenvalue weighted by atomic mass is 9.86. The van der Waals surface area contributed by atoms with Crippen molar-refractivity contribution < 1.29 is 17.5 Å². The summed E-state index contributed by atoms with van der Waals surface area (Å²) in [5.41, 5.74) is -0.132. The third-order valence-corrected chi connectivity index (χ3v) is 6.01. The highest BCUT2D eigenvalue weighted by Crippen LogP contribution is 2.24. The molecule has 130 valence electrons. The van der Waals surface area contributed by atoms with Gasteiger partial charge < -0.3 is 10.1 Å². The van der Waals surface area contributed by atoms with E-state index in [9.17, 15) is 12.8 Å². The minimum atomic E-state index is -2.96. The minimum absolute atomic E-state index is 0.0674. The van der Waals surface area contributed by atoms with E-state index >= 15 is 0 Å². The average molecular weight is 343 g/mol. The molecule has 0 saturated carbocycles. The van der Waals surface area contributed by atoms with Crippen LogP contribution in [0.4, 0.5) is 4.39 Å². The summed E-state index contributed by atoms with van der Waals surface area (Å²) in [6, 6.07) is 6.17. The van der Waals surface area contributed by atoms with Gasteiger partial charge >= 0.3 is 0 Å². The fraction of sp³-hybridized carbons (Fsp3) is 0.647. The van der Waals surface area contributed by atoms with Crippen molar-refractivity contribution >= 4 is 9.84 Å². The highest BCUT2D eigenvalue weighted by atomic mass is 32.2. The van der Waals surface area contributed by atoms with Crippen molar-refractivity contribution in [3.8, 4) is 5.75 Å². The van der Waals surface area contributed by atoms with E-state index in [1.165, 1.54) is 6.07 Å². The number of hydrogen-bond acceptors (Lipinski definition) is 4. The summed E-state index contributed by atoms with van der Waals surface area (Å²) >= 11 is 0. The van der Waals surface area contributed by atoms with Crippen LogP contribution >= 0.6 is 0 Å². The summed E-state index contributed by atoms with van der Waals surface area (Å²) < 4.78 is 42.9. The lowest BCUT2D eigenvalue weighted by Crippen LogP contribution is -2.52. The topological polar surface area (TPSA) is 55.4 Å². The summed E-state index contributed by atoms with van der Waals surface area (Å²) in [5.74, 6) is 0.274. The van der Waals surface area contributed by atoms with Gasteiger partial charge in [0.2, 0.25) is 0 Å². The third-order valence-electron chi connectivity index (χ3n) is 4.19. The molecule has 1 saturated heterocycles. The summed E-state index contributed by atoms with van der Waals surface area (Å²) in [6.07, 6.45) is 1.52. The van der Waals surface area contributed by atoms with Gasteiger partial charge in [-0.05, 0) is 30.4 Å². The summed E-state index contributed by atoms with van der Waals surface area (Å²) in [7, 11) is -2.96. The Morgan fingerprint density at radius 3 is 2.65 bits per heavy atom. The molecule has 2 unspecified atom stereocenters. The predicted molar refractivity (Wildman–Crippen MR) is 89.9 cm³/mol. The van der Waals surface area contributed by atoms with Crippen LogP contribution in [0.3, 0.4) is 0 Å². The van der Waals surface area contributed by atoms with E-state index in [1.807, 2.05) is 0 Å². The third kappa shape index (κ3) is 5.46. The molecule has 2 atom stereocenters. The number of benzene rings is 1. The molecule has 1 aromatic rings. The van der Waals surface area contributed by atoms with Gasteiger partial charge in [-0.3, -0.25) is 0 Å². The molecule has 6 heteroatoms. The van der Waals surface area contributed by atoms with Gasteiger partial charge in [-0.1, -0.05) is 32.9 Å². The van der Waals surface area contributed by atoms with Crippen LogP contribution in [0.5, 0.6) is 5.75 Å². The van der Waals surface area contributed by atoms with Gasteiger partial charge in [0.05, 0.1) is 11.5 Å². The number of sulfone groups is 1. The van der Waals surface area contributed by atoms with E-state index in [-0.39, 0.29) is 40.6 Å². The van der Waals surface area contributed by atoms with Crippen molar-refractivity contribution in [1.82, 2.24) is 5.32 Å². The molecule has 23 heavy (non-hydrogen) atoms. The fourth-order valence-electron chi connectivity index (χ4n) is 2.72. The molecule has 1 aromatic carbocycles. The Morgan fingerprint density at radius 1 is 1.35 bits per heavy atom. The van der Waals surface area contributed by atoms with Crippen molar-refractivity contribution in [2.75, 3.05) is 18.1 Å². The highest BCUT2D eigenvalue weighted by Gasteiger charge is 2.31. The first kappa shape index (κ1) is 18.2. The normalized spacial score (nSPS) is 22.5. The minimum Gasteiger partial charge on any atom is -0.489 e. The van der Waals surface area contributed by atoms with E-state index in [4.69, 9.17) is 4.74 Å². The van der Waals surface area contributed by atoms with Crippen LogP contribution in [0.1, 0.15) is 33.6 Å². The van der Waals surface area contributed by atoms with E-state index in [2.05, 4.69) is 26.1 Å².